The van der Waals surface area contributed by atoms with E-state index in [0.29, 0.717) is 43.2 Å². The van der Waals surface area contributed by atoms with Crippen molar-refractivity contribution in [2.24, 2.45) is 11.8 Å². The van der Waals surface area contributed by atoms with Crippen molar-refractivity contribution in [2.75, 3.05) is 25.6 Å². The number of thiocarbonyl (C=S) groups is 1. The lowest BCUT2D eigenvalue weighted by Gasteiger charge is -2.43. The number of halogens is 1. The minimum absolute atomic E-state index is 0.00759. The summed E-state index contributed by atoms with van der Waals surface area (Å²) in [5.74, 6) is -0.839. The van der Waals surface area contributed by atoms with Gasteiger partial charge in [0.1, 0.15) is 5.82 Å². The average molecular weight is 379 g/mol. The van der Waals surface area contributed by atoms with E-state index in [-0.39, 0.29) is 35.5 Å². The second-order valence-electron chi connectivity index (χ2n) is 6.65. The Morgan fingerprint density at radius 2 is 2.12 bits per heavy atom. The van der Waals surface area contributed by atoms with Crippen LogP contribution in [0.25, 0.3) is 0 Å². The molecule has 1 heterocycles. The van der Waals surface area contributed by atoms with Gasteiger partial charge in [-0.15, -0.1) is 0 Å². The lowest BCUT2D eigenvalue weighted by Crippen LogP contribution is -2.62. The van der Waals surface area contributed by atoms with Gasteiger partial charge in [0.05, 0.1) is 19.1 Å². The maximum absolute atomic E-state index is 13.0. The van der Waals surface area contributed by atoms with Crippen molar-refractivity contribution in [3.05, 3.63) is 30.1 Å². The maximum atomic E-state index is 13.0. The number of benzene rings is 1. The molecule has 1 saturated carbocycles. The Bertz CT molecular complexity index is 697. The first kappa shape index (κ1) is 18.7. The highest BCUT2D eigenvalue weighted by Gasteiger charge is 2.43. The molecule has 1 aromatic rings. The number of anilines is 1. The molecule has 3 unspecified atom stereocenters. The third-order valence-corrected chi connectivity index (χ3v) is 5.33. The Hall–Kier alpha value is -2.06. The van der Waals surface area contributed by atoms with Gasteiger partial charge in [-0.25, -0.2) is 4.39 Å². The Kier molecular flexibility index (Phi) is 5.83. The molecule has 3 rings (SSSR count). The molecule has 8 heteroatoms. The molecule has 26 heavy (non-hydrogen) atoms. The van der Waals surface area contributed by atoms with E-state index >= 15 is 0 Å². The molecule has 2 N–H and O–H groups in total. The van der Waals surface area contributed by atoms with Crippen molar-refractivity contribution < 1.29 is 18.7 Å². The Labute approximate surface area is 157 Å². The van der Waals surface area contributed by atoms with Gasteiger partial charge in [-0.05, 0) is 55.7 Å². The topological polar surface area (TPSA) is 70.7 Å². The van der Waals surface area contributed by atoms with Crippen LogP contribution in [-0.2, 0) is 14.3 Å². The van der Waals surface area contributed by atoms with Crippen molar-refractivity contribution >= 4 is 34.8 Å². The predicted octanol–water partition coefficient (Wildman–Crippen LogP) is 1.91. The molecule has 2 fully saturated rings. The van der Waals surface area contributed by atoms with Gasteiger partial charge >= 0.3 is 0 Å². The molecule has 2 amide bonds. The summed E-state index contributed by atoms with van der Waals surface area (Å²) in [6, 6.07) is 5.54. The number of ether oxygens (including phenoxy) is 1. The van der Waals surface area contributed by atoms with Gasteiger partial charge in [-0.3, -0.25) is 14.5 Å². The molecule has 1 aliphatic heterocycles. The first-order chi connectivity index (χ1) is 12.5. The Morgan fingerprint density at radius 1 is 1.38 bits per heavy atom. The largest absolute Gasteiger partial charge is 0.383 e. The third-order valence-electron chi connectivity index (χ3n) is 4.99. The minimum Gasteiger partial charge on any atom is -0.383 e. The molecule has 2 aliphatic rings. The Balaban J connectivity index is 1.61. The highest BCUT2D eigenvalue weighted by molar-refractivity contribution is 7.80. The highest BCUT2D eigenvalue weighted by atomic mass is 32.1. The molecule has 0 spiro atoms. The van der Waals surface area contributed by atoms with Crippen LogP contribution in [0.15, 0.2) is 24.3 Å². The molecule has 0 bridgehead atoms. The van der Waals surface area contributed by atoms with Gasteiger partial charge in [-0.1, -0.05) is 0 Å². The second kappa shape index (κ2) is 8.09. The predicted molar refractivity (Wildman–Crippen MR) is 99.0 cm³/mol. The number of methoxy groups -OCH3 is 1. The van der Waals surface area contributed by atoms with Gasteiger partial charge in [0, 0.05) is 24.8 Å². The van der Waals surface area contributed by atoms with E-state index in [4.69, 9.17) is 17.0 Å². The van der Waals surface area contributed by atoms with Gasteiger partial charge in [0.15, 0.2) is 5.11 Å². The van der Waals surface area contributed by atoms with E-state index in [1.165, 1.54) is 24.3 Å². The summed E-state index contributed by atoms with van der Waals surface area (Å²) in [5, 5.41) is 6.43. The number of amides is 2. The molecular formula is C18H22FN3O3S. The highest BCUT2D eigenvalue weighted by Crippen LogP contribution is 2.33. The summed E-state index contributed by atoms with van der Waals surface area (Å²) in [7, 11) is 1.58. The van der Waals surface area contributed by atoms with Crippen LogP contribution in [0.3, 0.4) is 0 Å². The number of hydrogen-bond donors (Lipinski definition) is 2. The first-order valence-electron chi connectivity index (χ1n) is 8.67. The smallest absolute Gasteiger partial charge is 0.233 e. The fourth-order valence-corrected chi connectivity index (χ4v) is 3.91. The summed E-state index contributed by atoms with van der Waals surface area (Å²) >= 11 is 5.31. The van der Waals surface area contributed by atoms with Crippen LogP contribution < -0.4 is 10.6 Å². The summed E-state index contributed by atoms with van der Waals surface area (Å²) in [4.78, 5) is 26.8. The standard InChI is InChI=1S/C18H22FN3O3S/c1-25-9-8-22-17(24)14-7-2-11(10-15(14)21-18(22)26)16(23)20-13-5-3-12(19)4-6-13/h3-6,11,14-15H,2,7-10H2,1H3,(H,20,23)(H,21,26). The zero-order valence-corrected chi connectivity index (χ0v) is 15.4. The molecule has 0 aromatic heterocycles. The van der Waals surface area contributed by atoms with E-state index < -0.39 is 0 Å². The van der Waals surface area contributed by atoms with Crippen molar-refractivity contribution in [3.8, 4) is 0 Å². The normalized spacial score (nSPS) is 25.5. The first-order valence-corrected chi connectivity index (χ1v) is 9.07. The van der Waals surface area contributed by atoms with Crippen LogP contribution in [0, 0.1) is 17.7 Å². The van der Waals surface area contributed by atoms with E-state index in [1.54, 1.807) is 12.0 Å². The van der Waals surface area contributed by atoms with Gasteiger partial charge < -0.3 is 15.4 Å². The summed E-state index contributed by atoms with van der Waals surface area (Å²) in [6.07, 6.45) is 1.80. The second-order valence-corrected chi connectivity index (χ2v) is 7.04. The lowest BCUT2D eigenvalue weighted by molar-refractivity contribution is -0.137. The van der Waals surface area contributed by atoms with Crippen molar-refractivity contribution in [2.45, 2.75) is 25.3 Å². The van der Waals surface area contributed by atoms with Gasteiger partial charge in [0.25, 0.3) is 0 Å². The fourth-order valence-electron chi connectivity index (χ4n) is 3.57. The zero-order valence-electron chi connectivity index (χ0n) is 14.5. The zero-order chi connectivity index (χ0) is 18.7. The lowest BCUT2D eigenvalue weighted by atomic mass is 9.76. The van der Waals surface area contributed by atoms with E-state index in [0.717, 1.165) is 0 Å². The summed E-state index contributed by atoms with van der Waals surface area (Å²) < 4.78 is 18.0. The van der Waals surface area contributed by atoms with Crippen LogP contribution in [0.2, 0.25) is 0 Å². The third kappa shape index (κ3) is 4.02. The summed E-state index contributed by atoms with van der Waals surface area (Å²) in [6.45, 7) is 0.854. The van der Waals surface area contributed by atoms with Crippen LogP contribution in [-0.4, -0.2) is 48.1 Å². The number of nitrogens with zero attached hydrogens (tertiary/aromatic N) is 1. The van der Waals surface area contributed by atoms with Gasteiger partial charge in [-0.2, -0.15) is 0 Å². The number of nitrogens with one attached hydrogen (secondary N) is 2. The average Bonchev–Trinajstić information content (AvgIpc) is 2.63. The van der Waals surface area contributed by atoms with E-state index in [2.05, 4.69) is 10.6 Å². The number of rotatable bonds is 5. The van der Waals surface area contributed by atoms with Crippen LogP contribution in [0.4, 0.5) is 10.1 Å². The molecule has 1 aliphatic carbocycles. The molecular weight excluding hydrogens is 357 g/mol. The number of carbonyl (C=O) groups excluding carboxylic acids is 2. The van der Waals surface area contributed by atoms with E-state index in [1.807, 2.05) is 0 Å². The van der Waals surface area contributed by atoms with Crippen LogP contribution >= 0.6 is 12.2 Å². The van der Waals surface area contributed by atoms with Crippen LogP contribution in [0.5, 0.6) is 0 Å². The number of carbonyl (C=O) groups is 2. The minimum atomic E-state index is -0.347. The van der Waals surface area contributed by atoms with E-state index in [9.17, 15) is 14.0 Å². The molecule has 6 nitrogen and oxygen atoms in total. The molecule has 1 saturated heterocycles. The molecule has 1 aromatic carbocycles. The number of hydrogen-bond acceptors (Lipinski definition) is 4. The quantitative estimate of drug-likeness (QED) is 0.765. The van der Waals surface area contributed by atoms with Crippen molar-refractivity contribution in [3.63, 3.8) is 0 Å². The van der Waals surface area contributed by atoms with Crippen molar-refractivity contribution in [1.82, 2.24) is 10.2 Å². The number of fused-ring (bicyclic) bond motifs is 1. The summed E-state index contributed by atoms with van der Waals surface area (Å²) in [5.41, 5.74) is 0.562. The van der Waals surface area contributed by atoms with Crippen molar-refractivity contribution in [1.29, 1.82) is 0 Å². The molecule has 140 valence electrons. The fraction of sp³-hybridized carbons (Fsp3) is 0.500. The molecule has 0 radical (unpaired) electrons. The molecule has 3 atom stereocenters. The maximum Gasteiger partial charge on any atom is 0.233 e. The van der Waals surface area contributed by atoms with Gasteiger partial charge in [0.2, 0.25) is 11.8 Å². The van der Waals surface area contributed by atoms with Crippen LogP contribution in [0.1, 0.15) is 19.3 Å². The Morgan fingerprint density at radius 3 is 2.81 bits per heavy atom. The monoisotopic (exact) mass is 379 g/mol. The SMILES string of the molecule is COCCN1C(=O)C2CCC(C(=O)Nc3ccc(F)cc3)CC2NC1=S.